The second-order valence-electron chi connectivity index (χ2n) is 17.3. The summed E-state index contributed by atoms with van der Waals surface area (Å²) in [5, 5.41) is 0.729. The van der Waals surface area contributed by atoms with Gasteiger partial charge in [-0.05, 0) is 152 Å². The molecular formula is C72H44O2. The molecule has 16 rings (SSSR count). The molecule has 344 valence electrons. The molecule has 14 aromatic carbocycles. The van der Waals surface area contributed by atoms with Gasteiger partial charge in [-0.15, -0.1) is 0 Å². The quantitative estimate of drug-likeness (QED) is 0.164. The van der Waals surface area contributed by atoms with Crippen LogP contribution in [-0.2, 0) is 0 Å². The Balaban J connectivity index is 0.000000165. The molecule has 2 heterocycles. The summed E-state index contributed by atoms with van der Waals surface area (Å²) < 4.78 is 258. The first-order valence-electron chi connectivity index (χ1n) is 37.1. The number of furan rings is 2. The molecule has 0 saturated heterocycles. The van der Waals surface area contributed by atoms with E-state index in [4.69, 9.17) is 36.2 Å². The van der Waals surface area contributed by atoms with Gasteiger partial charge in [0.2, 0.25) is 0 Å². The van der Waals surface area contributed by atoms with Crippen molar-refractivity contribution in [2.75, 3.05) is 0 Å². The van der Waals surface area contributed by atoms with E-state index in [1.54, 1.807) is 60.7 Å². The third-order valence-corrected chi connectivity index (χ3v) is 13.3. The summed E-state index contributed by atoms with van der Waals surface area (Å²) >= 11 is 0. The van der Waals surface area contributed by atoms with E-state index >= 15 is 0 Å². The molecule has 74 heavy (non-hydrogen) atoms. The molecule has 0 fully saturated rings. The van der Waals surface area contributed by atoms with Crippen LogP contribution >= 0.6 is 0 Å². The van der Waals surface area contributed by atoms with Crippen molar-refractivity contribution in [3.8, 4) is 44.5 Å². The zero-order chi connectivity index (χ0) is 73.1. The Labute approximate surface area is 465 Å². The molecule has 2 heteroatoms. The van der Waals surface area contributed by atoms with E-state index in [-0.39, 0.29) is 98.0 Å². The first-order chi connectivity index (χ1) is 48.3. The Kier molecular flexibility index (Phi) is 5.21. The molecule has 0 aliphatic rings. The molecule has 0 amide bonds. The minimum atomic E-state index is -0.646. The summed E-state index contributed by atoms with van der Waals surface area (Å²) in [5.41, 5.74) is 2.19. The first-order valence-corrected chi connectivity index (χ1v) is 23.1. The fourth-order valence-electron chi connectivity index (χ4n) is 10.2. The number of rotatable bonds is 4. The molecule has 0 unspecified atom stereocenters. The normalized spacial score (nSPS) is 17.1. The van der Waals surface area contributed by atoms with Crippen molar-refractivity contribution in [2.24, 2.45) is 0 Å². The second kappa shape index (κ2) is 16.9. The van der Waals surface area contributed by atoms with Gasteiger partial charge in [-0.1, -0.05) is 224 Å². The molecule has 0 spiro atoms. The van der Waals surface area contributed by atoms with E-state index in [0.717, 1.165) is 5.39 Å². The SMILES string of the molecule is [2H]c1c([2H])c([2H])c2c([2H])c([2H])c(-c3c4c([2H])c([2H])c([2H])c([2H])c4c(-c4ccc5oc6ccccc6c5c4)c4c([2H])c([2H])c([2H])c([2H])c34)cc2c1[2H].[2H]c1c([2H])c([2H])c2c([2H])c([2H])c(-c3c4c([2H])c([2H])c([2H])c([2H])c4c(-c4cccc5oc6ccccc6c45)c4c([2H])c([2H])c([2H])c([2H])c34)cc2c1[2H]. The topological polar surface area (TPSA) is 26.3 Å². The lowest BCUT2D eigenvalue weighted by atomic mass is 9.84. The molecule has 0 aliphatic heterocycles. The Morgan fingerprint density at radius 3 is 1.16 bits per heavy atom. The molecule has 0 N–H and O–H groups in total. The highest BCUT2D eigenvalue weighted by Gasteiger charge is 2.21. The van der Waals surface area contributed by atoms with Gasteiger partial charge in [0.05, 0.1) is 38.4 Å². The summed E-state index contributed by atoms with van der Waals surface area (Å²) in [6.45, 7) is 0. The molecule has 0 saturated carbocycles. The van der Waals surface area contributed by atoms with E-state index in [1.165, 1.54) is 12.1 Å². The van der Waals surface area contributed by atoms with Gasteiger partial charge in [-0.2, -0.15) is 0 Å². The standard InChI is InChI=1S/2C36H22O/c1-2-11-24-22-25(21-20-23(24)10-1)34-26-12-3-5-14-28(26)35(29-15-6-4-13-27(29)34)31-17-9-19-33-36(31)30-16-7-8-18-32(30)37-33;1-2-10-24-21-25(18-17-23(24)9-1)35-28-12-3-5-14-30(28)36(31-15-6-4-13-29(31)35)26-19-20-34-32(22-26)27-11-7-8-16-33(27)37-34/h2*1-22H/i1D,2D,3D,4D,5D,6D,10D,11D,12D,13D,14D,15D,20D,21D;1D,2D,3D,4D,5D,6D,9D,10D,12D,13D,14D,15D,17D,18D. The van der Waals surface area contributed by atoms with Gasteiger partial charge in [0.1, 0.15) is 22.3 Å². The van der Waals surface area contributed by atoms with Gasteiger partial charge in [0.25, 0.3) is 0 Å². The molecular weight excluding hydrogens is 897 g/mol. The lowest BCUT2D eigenvalue weighted by molar-refractivity contribution is 0.668. The third-order valence-electron chi connectivity index (χ3n) is 13.3. The van der Waals surface area contributed by atoms with Crippen LogP contribution in [0.3, 0.4) is 0 Å². The fraction of sp³-hybridized carbons (Fsp3) is 0. The first kappa shape index (κ1) is 22.8. The maximum atomic E-state index is 9.25. The lowest BCUT2D eigenvalue weighted by Crippen LogP contribution is -1.91. The van der Waals surface area contributed by atoms with Crippen LogP contribution in [0.5, 0.6) is 0 Å². The van der Waals surface area contributed by atoms with Crippen molar-refractivity contribution >= 4 is 109 Å². The van der Waals surface area contributed by atoms with Gasteiger partial charge < -0.3 is 8.83 Å². The van der Waals surface area contributed by atoms with Crippen LogP contribution in [0.1, 0.15) is 38.4 Å². The zero-order valence-electron chi connectivity index (χ0n) is 66.1. The summed E-state index contributed by atoms with van der Waals surface area (Å²) in [5.74, 6) is 0. The molecule has 0 aliphatic carbocycles. The van der Waals surface area contributed by atoms with Crippen molar-refractivity contribution < 1.29 is 47.2 Å². The Morgan fingerprint density at radius 2 is 0.635 bits per heavy atom. The number of hydrogen-bond acceptors (Lipinski definition) is 2. The highest BCUT2D eigenvalue weighted by molar-refractivity contribution is 6.26. The third kappa shape index (κ3) is 6.66. The van der Waals surface area contributed by atoms with Crippen molar-refractivity contribution in [1.29, 1.82) is 0 Å². The number of para-hydroxylation sites is 2. The van der Waals surface area contributed by atoms with E-state index in [9.17, 15) is 11.0 Å². The van der Waals surface area contributed by atoms with Crippen LogP contribution in [-0.4, -0.2) is 0 Å². The summed E-state index contributed by atoms with van der Waals surface area (Å²) in [7, 11) is 0. The predicted molar refractivity (Wildman–Crippen MR) is 314 cm³/mol. The molecule has 2 aromatic heterocycles. The minimum Gasteiger partial charge on any atom is -0.456 e. The fourth-order valence-corrected chi connectivity index (χ4v) is 10.2. The maximum Gasteiger partial charge on any atom is 0.136 e. The lowest BCUT2D eigenvalue weighted by Gasteiger charge is -2.18. The Hall–Kier alpha value is -9.76. The maximum absolute atomic E-state index is 9.25. The van der Waals surface area contributed by atoms with Gasteiger partial charge in [-0.25, -0.2) is 0 Å². The summed E-state index contributed by atoms with van der Waals surface area (Å²) in [6.07, 6.45) is 0. The van der Waals surface area contributed by atoms with Crippen LogP contribution in [0.15, 0.2) is 275 Å². The highest BCUT2D eigenvalue weighted by atomic mass is 16.3. The van der Waals surface area contributed by atoms with Crippen molar-refractivity contribution in [2.45, 2.75) is 0 Å². The average Bonchev–Trinajstić information content (AvgIpc) is 0.798. The summed E-state index contributed by atoms with van der Waals surface area (Å²) in [6, 6.07) is 11.0. The van der Waals surface area contributed by atoms with Crippen LogP contribution in [0.2, 0.25) is 0 Å². The van der Waals surface area contributed by atoms with E-state index in [2.05, 4.69) is 0 Å². The molecule has 0 atom stereocenters. The zero-order valence-corrected chi connectivity index (χ0v) is 38.1. The van der Waals surface area contributed by atoms with Gasteiger partial charge in [0, 0.05) is 21.5 Å². The Morgan fingerprint density at radius 1 is 0.243 bits per heavy atom. The predicted octanol–water partition coefficient (Wildman–Crippen LogP) is 20.8. The van der Waals surface area contributed by atoms with E-state index < -0.39 is 169 Å². The van der Waals surface area contributed by atoms with Crippen LogP contribution < -0.4 is 0 Å². The smallest absolute Gasteiger partial charge is 0.136 e. The van der Waals surface area contributed by atoms with Gasteiger partial charge >= 0.3 is 0 Å². The monoisotopic (exact) mass is 969 g/mol. The van der Waals surface area contributed by atoms with E-state index in [0.29, 0.717) is 49.6 Å². The average molecular weight is 969 g/mol. The van der Waals surface area contributed by atoms with Gasteiger partial charge in [-0.3, -0.25) is 0 Å². The number of benzene rings is 14. The molecule has 0 bridgehead atoms. The van der Waals surface area contributed by atoms with Gasteiger partial charge in [0.15, 0.2) is 0 Å². The molecule has 0 radical (unpaired) electrons. The Bertz CT molecular complexity index is 6450. The van der Waals surface area contributed by atoms with Crippen molar-refractivity contribution in [3.05, 3.63) is 266 Å². The number of hydrogen-bond donors (Lipinski definition) is 0. The number of fused-ring (bicyclic) bond motifs is 12. The minimum absolute atomic E-state index is 0.0836. The van der Waals surface area contributed by atoms with Crippen LogP contribution in [0.4, 0.5) is 0 Å². The van der Waals surface area contributed by atoms with E-state index in [1.807, 2.05) is 24.3 Å². The van der Waals surface area contributed by atoms with Crippen molar-refractivity contribution in [3.63, 3.8) is 0 Å². The second-order valence-corrected chi connectivity index (χ2v) is 17.3. The highest BCUT2D eigenvalue weighted by Crippen LogP contribution is 2.48. The molecule has 2 nitrogen and oxygen atoms in total. The van der Waals surface area contributed by atoms with Crippen molar-refractivity contribution in [1.82, 2.24) is 0 Å². The largest absolute Gasteiger partial charge is 0.456 e. The van der Waals surface area contributed by atoms with Crippen LogP contribution in [0.25, 0.3) is 153 Å². The summed E-state index contributed by atoms with van der Waals surface area (Å²) in [4.78, 5) is 0. The molecule has 16 aromatic rings. The van der Waals surface area contributed by atoms with Crippen LogP contribution in [0, 0.1) is 0 Å².